The van der Waals surface area contributed by atoms with Gasteiger partial charge in [0.15, 0.2) is 0 Å². The molecular formula is C12H14BrFN2O2. The molecule has 1 aromatic rings. The normalized spacial score (nSPS) is 18.2. The minimum Gasteiger partial charge on any atom is -0.492 e. The first-order chi connectivity index (χ1) is 8.41. The van der Waals surface area contributed by atoms with Gasteiger partial charge >= 0.3 is 0 Å². The highest BCUT2D eigenvalue weighted by molar-refractivity contribution is 9.10. The number of rotatable bonds is 5. The predicted octanol–water partition coefficient (Wildman–Crippen LogP) is 2.10. The van der Waals surface area contributed by atoms with Crippen molar-refractivity contribution in [3.8, 4) is 5.75 Å². The zero-order valence-corrected chi connectivity index (χ0v) is 11.5. The fourth-order valence-electron chi connectivity index (χ4n) is 1.46. The van der Waals surface area contributed by atoms with Crippen LogP contribution in [0.5, 0.6) is 5.75 Å². The number of pyridine rings is 1. The van der Waals surface area contributed by atoms with Crippen LogP contribution in [0.15, 0.2) is 12.3 Å². The van der Waals surface area contributed by atoms with E-state index in [0.717, 1.165) is 12.8 Å². The van der Waals surface area contributed by atoms with E-state index in [1.54, 1.807) is 0 Å². The van der Waals surface area contributed by atoms with Gasteiger partial charge in [0.05, 0.1) is 12.8 Å². The molecule has 1 unspecified atom stereocenters. The molecule has 6 heteroatoms. The fraction of sp³-hybridized carbons (Fsp3) is 0.500. The second-order valence-corrected chi connectivity index (χ2v) is 6.21. The number of hydrogen-bond donors (Lipinski definition) is 1. The van der Waals surface area contributed by atoms with Crippen LogP contribution in [0.4, 0.5) is 4.39 Å². The molecule has 1 heterocycles. The summed E-state index contributed by atoms with van der Waals surface area (Å²) in [6.45, 7) is 2.05. The highest BCUT2D eigenvalue weighted by atomic mass is 79.9. The lowest BCUT2D eigenvalue weighted by Gasteiger charge is -2.18. The van der Waals surface area contributed by atoms with E-state index in [1.165, 1.54) is 19.2 Å². The lowest BCUT2D eigenvalue weighted by Crippen LogP contribution is -2.34. The number of nitrogens with two attached hydrogens (primary N) is 1. The Morgan fingerprint density at radius 2 is 2.39 bits per heavy atom. The summed E-state index contributed by atoms with van der Waals surface area (Å²) in [5, 5.41) is 0. The Balaban J connectivity index is 2.15. The summed E-state index contributed by atoms with van der Waals surface area (Å²) in [5.41, 5.74) is 5.16. The molecule has 1 aromatic heterocycles. The van der Waals surface area contributed by atoms with Gasteiger partial charge in [-0.25, -0.2) is 4.39 Å². The summed E-state index contributed by atoms with van der Waals surface area (Å²) >= 11 is 3.08. The van der Waals surface area contributed by atoms with Crippen molar-refractivity contribution in [2.75, 3.05) is 6.61 Å². The van der Waals surface area contributed by atoms with Gasteiger partial charge in [-0.2, -0.15) is 0 Å². The number of nitrogens with zero attached hydrogens (tertiary/aromatic N) is 1. The molecule has 0 saturated heterocycles. The van der Waals surface area contributed by atoms with Gasteiger partial charge in [0.25, 0.3) is 0 Å². The molecule has 1 amide bonds. The topological polar surface area (TPSA) is 65.2 Å². The molecule has 0 bridgehead atoms. The number of amides is 1. The van der Waals surface area contributed by atoms with Gasteiger partial charge in [-0.15, -0.1) is 0 Å². The van der Waals surface area contributed by atoms with E-state index in [0.29, 0.717) is 18.3 Å². The summed E-state index contributed by atoms with van der Waals surface area (Å²) in [7, 11) is 0. The summed E-state index contributed by atoms with van der Waals surface area (Å²) in [5.74, 6) is -0.349. The van der Waals surface area contributed by atoms with Crippen molar-refractivity contribution in [1.29, 1.82) is 0 Å². The van der Waals surface area contributed by atoms with E-state index in [4.69, 9.17) is 10.5 Å². The van der Waals surface area contributed by atoms with E-state index < -0.39 is 16.0 Å². The molecule has 4 nitrogen and oxygen atoms in total. The molecule has 2 N–H and O–H groups in total. The Hall–Kier alpha value is -1.17. The number of halogens is 2. The number of alkyl halides is 1. The van der Waals surface area contributed by atoms with Gasteiger partial charge in [-0.3, -0.25) is 9.78 Å². The average Bonchev–Trinajstić information content (AvgIpc) is 3.09. The third kappa shape index (κ3) is 2.80. The minimum absolute atomic E-state index is 0.0335. The lowest BCUT2D eigenvalue weighted by atomic mass is 10.1. The Kier molecular flexibility index (Phi) is 3.56. The van der Waals surface area contributed by atoms with Crippen LogP contribution in [0.2, 0.25) is 0 Å². The van der Waals surface area contributed by atoms with Crippen LogP contribution in [-0.4, -0.2) is 17.5 Å². The maximum absolute atomic E-state index is 13.9. The second kappa shape index (κ2) is 4.84. The van der Waals surface area contributed by atoms with E-state index in [2.05, 4.69) is 20.9 Å². The van der Waals surface area contributed by atoms with Crippen molar-refractivity contribution >= 4 is 21.8 Å². The monoisotopic (exact) mass is 316 g/mol. The van der Waals surface area contributed by atoms with Gasteiger partial charge in [0.2, 0.25) is 5.91 Å². The standard InChI is InChI=1S/C12H14BrFN2O2/c1-12(13,11(15)17)10-9(14)4-8(5-16-10)18-6-7-2-3-7/h4-5,7H,2-3,6H2,1H3,(H2,15,17). The van der Waals surface area contributed by atoms with E-state index >= 15 is 0 Å². The quantitative estimate of drug-likeness (QED) is 0.846. The highest BCUT2D eigenvalue weighted by Crippen LogP contribution is 2.33. The van der Waals surface area contributed by atoms with Crippen LogP contribution < -0.4 is 10.5 Å². The van der Waals surface area contributed by atoms with Crippen molar-refractivity contribution in [3.05, 3.63) is 23.8 Å². The molecule has 1 aliphatic carbocycles. The maximum atomic E-state index is 13.9. The number of carbonyl (C=O) groups is 1. The number of ether oxygens (including phenoxy) is 1. The van der Waals surface area contributed by atoms with Gasteiger partial charge in [-0.1, -0.05) is 15.9 Å². The molecule has 98 valence electrons. The van der Waals surface area contributed by atoms with Crippen molar-refractivity contribution in [2.45, 2.75) is 24.1 Å². The molecule has 0 radical (unpaired) electrons. The third-order valence-corrected chi connectivity index (χ3v) is 3.67. The van der Waals surface area contributed by atoms with Crippen LogP contribution in [0.25, 0.3) is 0 Å². The Bertz CT molecular complexity index is 475. The van der Waals surface area contributed by atoms with Crippen molar-refractivity contribution in [1.82, 2.24) is 4.98 Å². The smallest absolute Gasteiger partial charge is 0.240 e. The lowest BCUT2D eigenvalue weighted by molar-refractivity contribution is -0.120. The molecular weight excluding hydrogens is 303 g/mol. The number of carbonyl (C=O) groups excluding carboxylic acids is 1. The van der Waals surface area contributed by atoms with Crippen molar-refractivity contribution in [2.24, 2.45) is 11.7 Å². The third-order valence-electron chi connectivity index (χ3n) is 2.91. The van der Waals surface area contributed by atoms with Gasteiger partial charge in [0, 0.05) is 6.07 Å². The molecule has 1 aliphatic rings. The fourth-order valence-corrected chi connectivity index (χ4v) is 1.75. The Morgan fingerprint density at radius 1 is 1.72 bits per heavy atom. The van der Waals surface area contributed by atoms with Gasteiger partial charge in [-0.05, 0) is 25.7 Å². The number of primary amides is 1. The molecule has 1 saturated carbocycles. The highest BCUT2D eigenvalue weighted by Gasteiger charge is 2.34. The molecule has 2 rings (SSSR count). The summed E-state index contributed by atoms with van der Waals surface area (Å²) in [6, 6.07) is 1.23. The van der Waals surface area contributed by atoms with Crippen LogP contribution in [0, 0.1) is 11.7 Å². The molecule has 1 atom stereocenters. The van der Waals surface area contributed by atoms with Crippen LogP contribution in [0.3, 0.4) is 0 Å². The van der Waals surface area contributed by atoms with Crippen molar-refractivity contribution in [3.63, 3.8) is 0 Å². The molecule has 1 fully saturated rings. The van der Waals surface area contributed by atoms with Crippen LogP contribution >= 0.6 is 15.9 Å². The molecule has 18 heavy (non-hydrogen) atoms. The molecule has 0 aromatic carbocycles. The predicted molar refractivity (Wildman–Crippen MR) is 67.9 cm³/mol. The first kappa shape index (κ1) is 13.3. The van der Waals surface area contributed by atoms with E-state index in [9.17, 15) is 9.18 Å². The first-order valence-corrected chi connectivity index (χ1v) is 6.48. The Labute approximate surface area is 113 Å². The van der Waals surface area contributed by atoms with E-state index in [-0.39, 0.29) is 5.69 Å². The zero-order valence-electron chi connectivity index (χ0n) is 9.95. The Morgan fingerprint density at radius 3 is 2.89 bits per heavy atom. The summed E-state index contributed by atoms with van der Waals surface area (Å²) < 4.78 is 18.0. The first-order valence-electron chi connectivity index (χ1n) is 5.69. The van der Waals surface area contributed by atoms with E-state index in [1.807, 2.05) is 0 Å². The number of hydrogen-bond acceptors (Lipinski definition) is 3. The average molecular weight is 317 g/mol. The molecule has 0 spiro atoms. The maximum Gasteiger partial charge on any atom is 0.240 e. The van der Waals surface area contributed by atoms with Gasteiger partial charge < -0.3 is 10.5 Å². The van der Waals surface area contributed by atoms with Crippen LogP contribution in [-0.2, 0) is 9.12 Å². The minimum atomic E-state index is -1.31. The zero-order chi connectivity index (χ0) is 13.3. The van der Waals surface area contributed by atoms with Crippen molar-refractivity contribution < 1.29 is 13.9 Å². The number of aromatic nitrogens is 1. The second-order valence-electron chi connectivity index (χ2n) is 4.62. The summed E-state index contributed by atoms with van der Waals surface area (Å²) in [6.07, 6.45) is 3.73. The SMILES string of the molecule is CC(Br)(C(N)=O)c1ncc(OCC2CC2)cc1F. The largest absolute Gasteiger partial charge is 0.492 e. The van der Waals surface area contributed by atoms with Gasteiger partial charge in [0.1, 0.15) is 21.6 Å². The van der Waals surface area contributed by atoms with Crippen LogP contribution in [0.1, 0.15) is 25.5 Å². The summed E-state index contributed by atoms with van der Waals surface area (Å²) in [4.78, 5) is 15.1. The molecule has 0 aliphatic heterocycles.